The number of nitrogens with one attached hydrogen (secondary N) is 1. The summed E-state index contributed by atoms with van der Waals surface area (Å²) < 4.78 is 8.02. The highest BCUT2D eigenvalue weighted by Gasteiger charge is 2.22. The molecule has 1 aromatic heterocycles. The lowest BCUT2D eigenvalue weighted by Gasteiger charge is -2.09. The molecule has 0 saturated heterocycles. The molecule has 1 aromatic carbocycles. The minimum absolute atomic E-state index is 0.310. The highest BCUT2D eigenvalue weighted by molar-refractivity contribution is 9.10. The number of esters is 1. The Morgan fingerprint density at radius 1 is 1.45 bits per heavy atom. The average molecular weight is 363 g/mol. The Hall–Kier alpha value is -2.15. The first kappa shape index (κ1) is 14.8. The van der Waals surface area contributed by atoms with E-state index in [1.165, 1.54) is 0 Å². The number of ether oxygens (including phenoxy) is 1. The van der Waals surface area contributed by atoms with Crippen LogP contribution in [0.2, 0.25) is 0 Å². The second-order valence-corrected chi connectivity index (χ2v) is 5.64. The van der Waals surface area contributed by atoms with E-state index in [1.807, 2.05) is 28.8 Å². The number of anilines is 1. The molecular weight excluding hydrogens is 348 g/mol. The molecule has 22 heavy (non-hydrogen) atoms. The van der Waals surface area contributed by atoms with E-state index in [0.717, 1.165) is 23.2 Å². The molecule has 0 saturated carbocycles. The van der Waals surface area contributed by atoms with Crippen molar-refractivity contribution in [2.45, 2.75) is 13.5 Å². The van der Waals surface area contributed by atoms with Gasteiger partial charge in [-0.3, -0.25) is 0 Å². The molecule has 1 N–H and O–H groups in total. The van der Waals surface area contributed by atoms with Crippen molar-refractivity contribution in [1.82, 2.24) is 9.55 Å². The van der Waals surface area contributed by atoms with Gasteiger partial charge in [0.25, 0.3) is 0 Å². The van der Waals surface area contributed by atoms with Crippen molar-refractivity contribution in [2.75, 3.05) is 18.5 Å². The van der Waals surface area contributed by atoms with Crippen LogP contribution >= 0.6 is 15.9 Å². The van der Waals surface area contributed by atoms with Crippen LogP contribution in [0.25, 0.3) is 0 Å². The van der Waals surface area contributed by atoms with Gasteiger partial charge in [0.1, 0.15) is 11.4 Å². The second kappa shape index (κ2) is 6.31. The number of halogens is 1. The summed E-state index contributed by atoms with van der Waals surface area (Å²) >= 11 is 3.38. The lowest BCUT2D eigenvalue weighted by Crippen LogP contribution is -2.24. The molecule has 0 amide bonds. The predicted molar refractivity (Wildman–Crippen MR) is 86.0 cm³/mol. The van der Waals surface area contributed by atoms with Crippen LogP contribution in [-0.4, -0.2) is 28.7 Å². The van der Waals surface area contributed by atoms with E-state index in [-0.39, 0.29) is 0 Å². The normalized spacial score (nSPS) is 13.6. The zero-order valence-corrected chi connectivity index (χ0v) is 13.6. The summed E-state index contributed by atoms with van der Waals surface area (Å²) in [4.78, 5) is 21.1. The van der Waals surface area contributed by atoms with Crippen LogP contribution in [0, 0.1) is 0 Å². The first-order chi connectivity index (χ1) is 10.7. The number of benzene rings is 1. The number of aromatic nitrogens is 2. The number of carbonyl (C=O) groups is 1. The molecule has 6 nitrogen and oxygen atoms in total. The van der Waals surface area contributed by atoms with Crippen molar-refractivity contribution < 1.29 is 9.53 Å². The third-order valence-electron chi connectivity index (χ3n) is 3.25. The van der Waals surface area contributed by atoms with E-state index in [1.54, 1.807) is 13.3 Å². The molecule has 0 bridgehead atoms. The largest absolute Gasteiger partial charge is 0.462 e. The summed E-state index contributed by atoms with van der Waals surface area (Å²) in [7, 11) is 0. The molecular formula is C15H15BrN4O2. The molecule has 2 aromatic rings. The van der Waals surface area contributed by atoms with E-state index in [4.69, 9.17) is 4.74 Å². The quantitative estimate of drug-likeness (QED) is 0.851. The van der Waals surface area contributed by atoms with Crippen molar-refractivity contribution >= 4 is 33.4 Å². The molecule has 1 aliphatic rings. The molecule has 1 aliphatic heterocycles. The van der Waals surface area contributed by atoms with Crippen molar-refractivity contribution in [3.8, 4) is 0 Å². The Morgan fingerprint density at radius 2 is 2.23 bits per heavy atom. The van der Waals surface area contributed by atoms with Crippen LogP contribution in [-0.2, 0) is 11.3 Å². The van der Waals surface area contributed by atoms with Gasteiger partial charge in [-0.2, -0.15) is 0 Å². The molecule has 114 valence electrons. The van der Waals surface area contributed by atoms with E-state index in [0.29, 0.717) is 23.5 Å². The fourth-order valence-corrected chi connectivity index (χ4v) is 2.53. The van der Waals surface area contributed by atoms with Gasteiger partial charge in [0.15, 0.2) is 5.49 Å². The van der Waals surface area contributed by atoms with Crippen LogP contribution in [0.3, 0.4) is 0 Å². The van der Waals surface area contributed by atoms with Crippen molar-refractivity contribution in [2.24, 2.45) is 4.99 Å². The maximum Gasteiger partial charge on any atom is 0.345 e. The minimum atomic E-state index is -0.412. The Morgan fingerprint density at radius 3 is 2.95 bits per heavy atom. The maximum absolute atomic E-state index is 12.3. The molecule has 0 spiro atoms. The molecule has 0 atom stereocenters. The van der Waals surface area contributed by atoms with Crippen LogP contribution in [0.15, 0.2) is 40.1 Å². The standard InChI is InChI=1S/C15H15BrN4O2/c1-2-22-15(21)12-13(18-9-20-8-7-17-14(12)20)19-11-5-3-10(16)4-6-11/h3-6,9,17H,2,7-8H2,1H3. The van der Waals surface area contributed by atoms with E-state index >= 15 is 0 Å². The van der Waals surface area contributed by atoms with Crippen LogP contribution < -0.4 is 10.8 Å². The number of fused-ring (bicyclic) bond motifs is 1. The summed E-state index contributed by atoms with van der Waals surface area (Å²) in [6.07, 6.45) is 1.69. The SMILES string of the molecule is CCOC(=O)c1c2n(cnc1=Nc1ccc(Br)cc1)CCN2. The number of rotatable bonds is 3. The van der Waals surface area contributed by atoms with Crippen molar-refractivity contribution in [3.63, 3.8) is 0 Å². The van der Waals surface area contributed by atoms with Crippen LogP contribution in [0.4, 0.5) is 11.5 Å². The van der Waals surface area contributed by atoms with Gasteiger partial charge in [-0.15, -0.1) is 0 Å². The molecule has 0 aliphatic carbocycles. The van der Waals surface area contributed by atoms with E-state index in [2.05, 4.69) is 31.2 Å². The van der Waals surface area contributed by atoms with Gasteiger partial charge < -0.3 is 14.6 Å². The van der Waals surface area contributed by atoms with Crippen LogP contribution in [0.1, 0.15) is 17.3 Å². The molecule has 3 rings (SSSR count). The Bertz CT molecular complexity index is 768. The van der Waals surface area contributed by atoms with Crippen LogP contribution in [0.5, 0.6) is 0 Å². The molecule has 7 heteroatoms. The summed E-state index contributed by atoms with van der Waals surface area (Å²) in [5.74, 6) is 0.300. The summed E-state index contributed by atoms with van der Waals surface area (Å²) in [6, 6.07) is 7.50. The molecule has 0 unspecified atom stereocenters. The van der Waals surface area contributed by atoms with Gasteiger partial charge in [-0.05, 0) is 31.2 Å². The van der Waals surface area contributed by atoms with Crippen molar-refractivity contribution in [3.05, 3.63) is 46.1 Å². The van der Waals surface area contributed by atoms with Gasteiger partial charge in [0.05, 0.1) is 18.6 Å². The highest BCUT2D eigenvalue weighted by atomic mass is 79.9. The molecule has 0 fully saturated rings. The summed E-state index contributed by atoms with van der Waals surface area (Å²) in [5.41, 5.74) is 1.47. The van der Waals surface area contributed by atoms with Gasteiger partial charge in [-0.25, -0.2) is 14.8 Å². The topological polar surface area (TPSA) is 68.5 Å². The Kier molecular flexibility index (Phi) is 4.24. The fourth-order valence-electron chi connectivity index (χ4n) is 2.26. The lowest BCUT2D eigenvalue weighted by atomic mass is 10.3. The van der Waals surface area contributed by atoms with E-state index < -0.39 is 5.97 Å². The Balaban J connectivity index is 2.14. The smallest absolute Gasteiger partial charge is 0.345 e. The van der Waals surface area contributed by atoms with Gasteiger partial charge >= 0.3 is 5.97 Å². The summed E-state index contributed by atoms with van der Waals surface area (Å²) in [6.45, 7) is 3.62. The first-order valence-electron chi connectivity index (χ1n) is 6.99. The number of hydrogen-bond donors (Lipinski definition) is 1. The average Bonchev–Trinajstić information content (AvgIpc) is 2.98. The third-order valence-corrected chi connectivity index (χ3v) is 3.78. The number of nitrogens with zero attached hydrogens (tertiary/aromatic N) is 3. The van der Waals surface area contributed by atoms with E-state index in [9.17, 15) is 4.79 Å². The predicted octanol–water partition coefficient (Wildman–Crippen LogP) is 2.48. The monoisotopic (exact) mass is 362 g/mol. The maximum atomic E-state index is 12.3. The second-order valence-electron chi connectivity index (χ2n) is 4.72. The zero-order chi connectivity index (χ0) is 15.5. The van der Waals surface area contributed by atoms with Gasteiger partial charge in [0.2, 0.25) is 0 Å². The summed E-state index contributed by atoms with van der Waals surface area (Å²) in [5, 5.41) is 3.20. The number of carbonyl (C=O) groups excluding carboxylic acids is 1. The lowest BCUT2D eigenvalue weighted by molar-refractivity contribution is 0.0524. The molecule has 2 heterocycles. The zero-order valence-electron chi connectivity index (χ0n) is 12.0. The minimum Gasteiger partial charge on any atom is -0.462 e. The molecule has 0 radical (unpaired) electrons. The van der Waals surface area contributed by atoms with Gasteiger partial charge in [-0.1, -0.05) is 15.9 Å². The first-order valence-corrected chi connectivity index (χ1v) is 7.79. The Labute approximate surface area is 136 Å². The number of hydrogen-bond acceptors (Lipinski definition) is 5. The van der Waals surface area contributed by atoms with Gasteiger partial charge in [0, 0.05) is 17.6 Å². The van der Waals surface area contributed by atoms with Crippen molar-refractivity contribution in [1.29, 1.82) is 0 Å². The highest BCUT2D eigenvalue weighted by Crippen LogP contribution is 2.19. The third kappa shape index (κ3) is 2.89. The fraction of sp³-hybridized carbons (Fsp3) is 0.267.